The van der Waals surface area contributed by atoms with Crippen molar-refractivity contribution in [2.24, 2.45) is 0 Å². The Labute approximate surface area is 181 Å². The molecule has 1 aromatic heterocycles. The van der Waals surface area contributed by atoms with E-state index in [9.17, 15) is 9.18 Å². The summed E-state index contributed by atoms with van der Waals surface area (Å²) in [6, 6.07) is 14.5. The Morgan fingerprint density at radius 1 is 1.13 bits per heavy atom. The van der Waals surface area contributed by atoms with Crippen LogP contribution >= 0.6 is 0 Å². The van der Waals surface area contributed by atoms with Crippen molar-refractivity contribution >= 4 is 17.3 Å². The molecule has 0 unspecified atom stereocenters. The number of nitrogens with zero attached hydrogens (tertiary/aromatic N) is 3. The average Bonchev–Trinajstić information content (AvgIpc) is 3.07. The summed E-state index contributed by atoms with van der Waals surface area (Å²) in [5, 5.41) is 7.55. The molecule has 7 heteroatoms. The molecule has 1 N–H and O–H groups in total. The molecule has 3 aromatic rings. The normalized spacial score (nSPS) is 14.0. The van der Waals surface area contributed by atoms with E-state index < -0.39 is 0 Å². The molecule has 0 aliphatic carbocycles. The molecule has 1 aliphatic rings. The second-order valence-electron chi connectivity index (χ2n) is 7.71. The van der Waals surface area contributed by atoms with Crippen molar-refractivity contribution in [2.45, 2.75) is 26.7 Å². The van der Waals surface area contributed by atoms with Crippen LogP contribution in [0.5, 0.6) is 0 Å². The Bertz CT molecular complexity index is 1060. The maximum Gasteiger partial charge on any atom is 0.224 e. The average molecular weight is 423 g/mol. The maximum absolute atomic E-state index is 13.9. The summed E-state index contributed by atoms with van der Waals surface area (Å²) in [6.45, 7) is 6.65. The van der Waals surface area contributed by atoms with Gasteiger partial charge in [0.05, 0.1) is 36.0 Å². The molecule has 2 heterocycles. The Hall–Kier alpha value is -3.19. The quantitative estimate of drug-likeness (QED) is 0.652. The Kier molecular flexibility index (Phi) is 6.32. The van der Waals surface area contributed by atoms with Crippen molar-refractivity contribution in [3.8, 4) is 5.69 Å². The van der Waals surface area contributed by atoms with Gasteiger partial charge in [-0.05, 0) is 56.2 Å². The van der Waals surface area contributed by atoms with Gasteiger partial charge in [-0.15, -0.1) is 0 Å². The third-order valence-electron chi connectivity index (χ3n) is 5.63. The van der Waals surface area contributed by atoms with Gasteiger partial charge in [0, 0.05) is 25.2 Å². The first-order chi connectivity index (χ1) is 15.0. The molecular formula is C24H27FN4O2. The number of halogens is 1. The third kappa shape index (κ3) is 4.77. The fourth-order valence-electron chi connectivity index (χ4n) is 4.00. The molecule has 0 radical (unpaired) electrons. The molecule has 6 nitrogen and oxygen atoms in total. The molecule has 2 aromatic carbocycles. The van der Waals surface area contributed by atoms with E-state index in [1.807, 2.05) is 48.9 Å². The van der Waals surface area contributed by atoms with Crippen LogP contribution in [0.1, 0.15) is 23.4 Å². The highest BCUT2D eigenvalue weighted by Crippen LogP contribution is 2.28. The number of hydrogen-bond acceptors (Lipinski definition) is 4. The summed E-state index contributed by atoms with van der Waals surface area (Å²) in [6.07, 6.45) is 0.861. The van der Waals surface area contributed by atoms with Gasteiger partial charge in [-0.3, -0.25) is 4.79 Å². The number of hydrogen-bond donors (Lipinski definition) is 1. The van der Waals surface area contributed by atoms with E-state index in [0.717, 1.165) is 28.3 Å². The fraction of sp³-hybridized carbons (Fsp3) is 0.333. The van der Waals surface area contributed by atoms with Gasteiger partial charge in [-0.2, -0.15) is 5.10 Å². The second-order valence-corrected chi connectivity index (χ2v) is 7.71. The molecule has 1 aliphatic heterocycles. The lowest BCUT2D eigenvalue weighted by molar-refractivity contribution is -0.116. The summed E-state index contributed by atoms with van der Waals surface area (Å²) >= 11 is 0. The summed E-state index contributed by atoms with van der Waals surface area (Å²) in [5.41, 5.74) is 5.31. The molecule has 162 valence electrons. The van der Waals surface area contributed by atoms with Crippen molar-refractivity contribution in [3.05, 3.63) is 71.3 Å². The smallest absolute Gasteiger partial charge is 0.224 e. The van der Waals surface area contributed by atoms with Gasteiger partial charge in [0.15, 0.2) is 0 Å². The molecular weight excluding hydrogens is 395 g/mol. The maximum atomic E-state index is 13.9. The SMILES string of the molecule is Cc1nn(-c2ccccc2)c(C)c1CCC(=O)Nc1cc(F)ccc1N1CCOCC1. The first-order valence-electron chi connectivity index (χ1n) is 10.6. The Morgan fingerprint density at radius 2 is 1.87 bits per heavy atom. The van der Waals surface area contributed by atoms with Crippen LogP contribution in [-0.2, 0) is 16.0 Å². The number of anilines is 2. The van der Waals surface area contributed by atoms with Crippen LogP contribution in [0, 0.1) is 19.7 Å². The number of aromatic nitrogens is 2. The van der Waals surface area contributed by atoms with E-state index in [2.05, 4.69) is 15.3 Å². The van der Waals surface area contributed by atoms with E-state index in [1.54, 1.807) is 6.07 Å². The van der Waals surface area contributed by atoms with E-state index >= 15 is 0 Å². The van der Waals surface area contributed by atoms with E-state index in [0.29, 0.717) is 44.8 Å². The van der Waals surface area contributed by atoms with Crippen molar-refractivity contribution in [3.63, 3.8) is 0 Å². The zero-order valence-corrected chi connectivity index (χ0v) is 17.9. The zero-order chi connectivity index (χ0) is 21.8. The van der Waals surface area contributed by atoms with Gasteiger partial charge >= 0.3 is 0 Å². The Morgan fingerprint density at radius 3 is 2.61 bits per heavy atom. The summed E-state index contributed by atoms with van der Waals surface area (Å²) < 4.78 is 21.2. The highest BCUT2D eigenvalue weighted by Gasteiger charge is 2.18. The van der Waals surface area contributed by atoms with Crippen LogP contribution in [0.3, 0.4) is 0 Å². The van der Waals surface area contributed by atoms with Gasteiger partial charge in [-0.1, -0.05) is 18.2 Å². The summed E-state index contributed by atoms with van der Waals surface area (Å²) in [7, 11) is 0. The van der Waals surface area contributed by atoms with Gasteiger partial charge in [0.2, 0.25) is 5.91 Å². The minimum atomic E-state index is -0.372. The van der Waals surface area contributed by atoms with Crippen LogP contribution in [0.2, 0.25) is 0 Å². The highest BCUT2D eigenvalue weighted by molar-refractivity contribution is 5.94. The van der Waals surface area contributed by atoms with Crippen molar-refractivity contribution in [1.29, 1.82) is 0 Å². The van der Waals surface area contributed by atoms with Crippen molar-refractivity contribution in [2.75, 3.05) is 36.5 Å². The van der Waals surface area contributed by atoms with Gasteiger partial charge in [-0.25, -0.2) is 9.07 Å². The molecule has 0 bridgehead atoms. The van der Waals surface area contributed by atoms with E-state index in [4.69, 9.17) is 4.74 Å². The monoisotopic (exact) mass is 422 g/mol. The Balaban J connectivity index is 1.46. The number of amides is 1. The fourth-order valence-corrected chi connectivity index (χ4v) is 4.00. The van der Waals surface area contributed by atoms with Crippen LogP contribution in [0.4, 0.5) is 15.8 Å². The highest BCUT2D eigenvalue weighted by atomic mass is 19.1. The number of rotatable bonds is 6. The molecule has 31 heavy (non-hydrogen) atoms. The minimum Gasteiger partial charge on any atom is -0.378 e. The molecule has 4 rings (SSSR count). The first-order valence-corrected chi connectivity index (χ1v) is 10.6. The van der Waals surface area contributed by atoms with Crippen LogP contribution in [0.25, 0.3) is 5.69 Å². The number of benzene rings is 2. The van der Waals surface area contributed by atoms with Crippen molar-refractivity contribution < 1.29 is 13.9 Å². The molecule has 1 fully saturated rings. The van der Waals surface area contributed by atoms with Crippen molar-refractivity contribution in [1.82, 2.24) is 9.78 Å². The standard InChI is InChI=1S/C24H27FN4O2/c1-17-21(18(2)29(27-17)20-6-4-3-5-7-20)9-11-24(30)26-22-16-19(25)8-10-23(22)28-12-14-31-15-13-28/h3-8,10,16H,9,11-15H2,1-2H3,(H,26,30). The van der Waals surface area contributed by atoms with Crippen LogP contribution in [-0.4, -0.2) is 42.0 Å². The van der Waals surface area contributed by atoms with E-state index in [-0.39, 0.29) is 11.7 Å². The number of morpholine rings is 1. The van der Waals surface area contributed by atoms with Gasteiger partial charge in [0.25, 0.3) is 0 Å². The van der Waals surface area contributed by atoms with E-state index in [1.165, 1.54) is 12.1 Å². The number of ether oxygens (including phenoxy) is 1. The summed E-state index contributed by atoms with van der Waals surface area (Å²) in [5.74, 6) is -0.519. The lowest BCUT2D eigenvalue weighted by atomic mass is 10.1. The molecule has 0 spiro atoms. The zero-order valence-electron chi connectivity index (χ0n) is 17.9. The van der Waals surface area contributed by atoms with Gasteiger partial charge in [0.1, 0.15) is 5.82 Å². The van der Waals surface area contributed by atoms with Crippen LogP contribution < -0.4 is 10.2 Å². The number of aryl methyl sites for hydroxylation is 1. The predicted molar refractivity (Wildman–Crippen MR) is 119 cm³/mol. The van der Waals surface area contributed by atoms with Crippen LogP contribution in [0.15, 0.2) is 48.5 Å². The molecule has 1 amide bonds. The number of carbonyl (C=O) groups is 1. The molecule has 0 atom stereocenters. The lowest BCUT2D eigenvalue weighted by Gasteiger charge is -2.30. The molecule has 0 saturated carbocycles. The lowest BCUT2D eigenvalue weighted by Crippen LogP contribution is -2.36. The molecule has 1 saturated heterocycles. The first kappa shape index (κ1) is 21.1. The largest absolute Gasteiger partial charge is 0.378 e. The predicted octanol–water partition coefficient (Wildman–Crippen LogP) is 4.04. The number of nitrogens with one attached hydrogen (secondary N) is 1. The van der Waals surface area contributed by atoms with Gasteiger partial charge < -0.3 is 15.0 Å². The minimum absolute atomic E-state index is 0.147. The topological polar surface area (TPSA) is 59.4 Å². The second kappa shape index (κ2) is 9.31. The third-order valence-corrected chi connectivity index (χ3v) is 5.63. The number of carbonyl (C=O) groups excluding carboxylic acids is 1. The summed E-state index contributed by atoms with van der Waals surface area (Å²) in [4.78, 5) is 14.8. The number of para-hydroxylation sites is 1.